The fraction of sp³-hybridized carbons (Fsp3) is 0.188. The van der Waals surface area contributed by atoms with Crippen LogP contribution in [0.25, 0.3) is 0 Å². The highest BCUT2D eigenvalue weighted by Gasteiger charge is 2.14. The minimum absolute atomic E-state index is 0.116. The third-order valence-corrected chi connectivity index (χ3v) is 4.09. The smallest absolute Gasteiger partial charge is 0.231 e. The van der Waals surface area contributed by atoms with Gasteiger partial charge in [0.1, 0.15) is 0 Å². The minimum atomic E-state index is -0.116. The zero-order valence-electron chi connectivity index (χ0n) is 12.1. The number of anilines is 2. The predicted octanol–water partition coefficient (Wildman–Crippen LogP) is 4.16. The summed E-state index contributed by atoms with van der Waals surface area (Å²) >= 11 is 12.0. The van der Waals surface area contributed by atoms with Crippen LogP contribution in [0.1, 0.15) is 6.42 Å². The maximum Gasteiger partial charge on any atom is 0.231 e. The van der Waals surface area contributed by atoms with Gasteiger partial charge in [-0.05, 0) is 24.3 Å². The highest BCUT2D eigenvalue weighted by Crippen LogP contribution is 2.34. The maximum absolute atomic E-state index is 12.0. The SMILES string of the molecule is O=C(CCNc1cccc(Cl)c1Cl)Nc1ccc2c(c1)OCO2. The summed E-state index contributed by atoms with van der Waals surface area (Å²) in [6.07, 6.45) is 0.289. The van der Waals surface area contributed by atoms with Gasteiger partial charge < -0.3 is 20.1 Å². The fourth-order valence-corrected chi connectivity index (χ4v) is 2.52. The number of carbonyl (C=O) groups is 1. The Morgan fingerprint density at radius 2 is 1.96 bits per heavy atom. The number of halogens is 2. The molecule has 0 fully saturated rings. The van der Waals surface area contributed by atoms with Crippen molar-refractivity contribution in [3.05, 3.63) is 46.4 Å². The van der Waals surface area contributed by atoms with E-state index in [1.807, 2.05) is 6.07 Å². The number of carbonyl (C=O) groups excluding carboxylic acids is 1. The molecule has 0 saturated carbocycles. The Balaban J connectivity index is 1.51. The molecular weight excluding hydrogens is 339 g/mol. The van der Waals surface area contributed by atoms with Gasteiger partial charge in [-0.25, -0.2) is 0 Å². The van der Waals surface area contributed by atoms with E-state index in [0.717, 1.165) is 0 Å². The molecule has 0 radical (unpaired) electrons. The highest BCUT2D eigenvalue weighted by atomic mass is 35.5. The molecule has 5 nitrogen and oxygen atoms in total. The Morgan fingerprint density at radius 1 is 1.13 bits per heavy atom. The van der Waals surface area contributed by atoms with E-state index >= 15 is 0 Å². The molecule has 120 valence electrons. The van der Waals surface area contributed by atoms with Crippen LogP contribution >= 0.6 is 23.2 Å². The van der Waals surface area contributed by atoms with E-state index in [4.69, 9.17) is 32.7 Å². The van der Waals surface area contributed by atoms with Gasteiger partial charge in [-0.15, -0.1) is 0 Å². The van der Waals surface area contributed by atoms with Crippen LogP contribution in [0.3, 0.4) is 0 Å². The van der Waals surface area contributed by atoms with Crippen LogP contribution in [0.15, 0.2) is 36.4 Å². The molecule has 0 aliphatic carbocycles. The van der Waals surface area contributed by atoms with Gasteiger partial charge >= 0.3 is 0 Å². The van der Waals surface area contributed by atoms with Crippen molar-refractivity contribution in [2.24, 2.45) is 0 Å². The number of hydrogen-bond donors (Lipinski definition) is 2. The molecule has 0 aromatic heterocycles. The number of hydrogen-bond acceptors (Lipinski definition) is 4. The van der Waals surface area contributed by atoms with E-state index < -0.39 is 0 Å². The molecule has 0 saturated heterocycles. The molecule has 0 atom stereocenters. The summed E-state index contributed by atoms with van der Waals surface area (Å²) in [6.45, 7) is 0.646. The van der Waals surface area contributed by atoms with Gasteiger partial charge in [0.2, 0.25) is 12.7 Å². The van der Waals surface area contributed by atoms with Gasteiger partial charge in [-0.3, -0.25) is 4.79 Å². The van der Waals surface area contributed by atoms with Gasteiger partial charge in [0.15, 0.2) is 11.5 Å². The first kappa shape index (κ1) is 15.8. The summed E-state index contributed by atoms with van der Waals surface area (Å²) in [6, 6.07) is 10.6. The van der Waals surface area contributed by atoms with Gasteiger partial charge in [-0.1, -0.05) is 29.3 Å². The number of nitrogens with one attached hydrogen (secondary N) is 2. The molecule has 23 heavy (non-hydrogen) atoms. The Bertz CT molecular complexity index is 737. The van der Waals surface area contributed by atoms with Crippen molar-refractivity contribution in [1.82, 2.24) is 0 Å². The Labute approximate surface area is 143 Å². The molecule has 1 heterocycles. The highest BCUT2D eigenvalue weighted by molar-refractivity contribution is 6.43. The molecule has 1 aliphatic rings. The summed E-state index contributed by atoms with van der Waals surface area (Å²) in [5.74, 6) is 1.20. The van der Waals surface area contributed by atoms with Crippen molar-refractivity contribution >= 4 is 40.5 Å². The van der Waals surface area contributed by atoms with Gasteiger partial charge in [0, 0.05) is 24.7 Å². The molecule has 2 N–H and O–H groups in total. The van der Waals surface area contributed by atoms with Crippen LogP contribution in [0, 0.1) is 0 Å². The van der Waals surface area contributed by atoms with Crippen LogP contribution < -0.4 is 20.1 Å². The Hall–Kier alpha value is -2.11. The van der Waals surface area contributed by atoms with Crippen LogP contribution in [0.5, 0.6) is 11.5 Å². The monoisotopic (exact) mass is 352 g/mol. The van der Waals surface area contributed by atoms with E-state index in [-0.39, 0.29) is 19.1 Å². The zero-order valence-corrected chi connectivity index (χ0v) is 13.6. The summed E-state index contributed by atoms with van der Waals surface area (Å²) in [7, 11) is 0. The van der Waals surface area contributed by atoms with Crippen molar-refractivity contribution in [3.8, 4) is 11.5 Å². The minimum Gasteiger partial charge on any atom is -0.454 e. The molecule has 0 bridgehead atoms. The van der Waals surface area contributed by atoms with Crippen molar-refractivity contribution in [1.29, 1.82) is 0 Å². The van der Waals surface area contributed by atoms with Crippen molar-refractivity contribution in [3.63, 3.8) is 0 Å². The largest absolute Gasteiger partial charge is 0.454 e. The van der Waals surface area contributed by atoms with Crippen LogP contribution in [-0.4, -0.2) is 19.2 Å². The zero-order chi connectivity index (χ0) is 16.2. The first-order valence-corrected chi connectivity index (χ1v) is 7.76. The lowest BCUT2D eigenvalue weighted by Gasteiger charge is -2.10. The average molecular weight is 353 g/mol. The lowest BCUT2D eigenvalue weighted by Crippen LogP contribution is -2.16. The third-order valence-electron chi connectivity index (χ3n) is 3.28. The van der Waals surface area contributed by atoms with Gasteiger partial charge in [0.05, 0.1) is 15.7 Å². The summed E-state index contributed by atoms with van der Waals surface area (Å²) in [5, 5.41) is 6.82. The molecule has 1 aliphatic heterocycles. The van der Waals surface area contributed by atoms with Gasteiger partial charge in [0.25, 0.3) is 0 Å². The lowest BCUT2D eigenvalue weighted by molar-refractivity contribution is -0.115. The average Bonchev–Trinajstić information content (AvgIpc) is 2.99. The van der Waals surface area contributed by atoms with Crippen molar-refractivity contribution in [2.45, 2.75) is 6.42 Å². The number of fused-ring (bicyclic) bond motifs is 1. The molecule has 0 unspecified atom stereocenters. The number of amides is 1. The maximum atomic E-state index is 12.0. The van der Waals surface area contributed by atoms with E-state index in [1.165, 1.54) is 0 Å². The molecular formula is C16H14Cl2N2O3. The fourth-order valence-electron chi connectivity index (χ4n) is 2.15. The lowest BCUT2D eigenvalue weighted by atomic mass is 10.2. The van der Waals surface area contributed by atoms with Crippen LogP contribution in [-0.2, 0) is 4.79 Å². The molecule has 3 rings (SSSR count). The summed E-state index contributed by atoms with van der Waals surface area (Å²) in [4.78, 5) is 12.0. The summed E-state index contributed by atoms with van der Waals surface area (Å²) < 4.78 is 10.5. The van der Waals surface area contributed by atoms with E-state index in [2.05, 4.69) is 10.6 Å². The first-order chi connectivity index (χ1) is 11.1. The second-order valence-corrected chi connectivity index (χ2v) is 5.68. The van der Waals surface area contributed by atoms with Crippen molar-refractivity contribution in [2.75, 3.05) is 24.0 Å². The number of rotatable bonds is 5. The second kappa shape index (κ2) is 6.98. The third kappa shape index (κ3) is 3.81. The van der Waals surface area contributed by atoms with E-state index in [1.54, 1.807) is 30.3 Å². The van der Waals surface area contributed by atoms with Crippen molar-refractivity contribution < 1.29 is 14.3 Å². The molecule has 7 heteroatoms. The standard InChI is InChI=1S/C16H14Cl2N2O3/c17-11-2-1-3-12(16(11)18)19-7-6-15(21)20-10-4-5-13-14(8-10)23-9-22-13/h1-5,8,19H,6-7,9H2,(H,20,21). The van der Waals surface area contributed by atoms with Crippen LogP contribution in [0.4, 0.5) is 11.4 Å². The Morgan fingerprint density at radius 3 is 2.83 bits per heavy atom. The van der Waals surface area contributed by atoms with Gasteiger partial charge in [-0.2, -0.15) is 0 Å². The number of ether oxygens (including phenoxy) is 2. The van der Waals surface area contributed by atoms with Crippen LogP contribution in [0.2, 0.25) is 10.0 Å². The Kier molecular flexibility index (Phi) is 4.79. The topological polar surface area (TPSA) is 59.6 Å². The quantitative estimate of drug-likeness (QED) is 0.847. The summed E-state index contributed by atoms with van der Waals surface area (Å²) in [5.41, 5.74) is 1.37. The van der Waals surface area contributed by atoms with E-state index in [0.29, 0.717) is 39.5 Å². The molecule has 2 aromatic rings. The normalized spacial score (nSPS) is 12.1. The molecule has 2 aromatic carbocycles. The molecule has 0 spiro atoms. The first-order valence-electron chi connectivity index (χ1n) is 7.01. The second-order valence-electron chi connectivity index (χ2n) is 4.89. The molecule has 1 amide bonds. The predicted molar refractivity (Wildman–Crippen MR) is 90.8 cm³/mol. The number of benzene rings is 2. The van der Waals surface area contributed by atoms with E-state index in [9.17, 15) is 4.79 Å².